The molecule has 0 saturated heterocycles. The molecule has 0 bridgehead atoms. The van der Waals surface area contributed by atoms with Crippen LogP contribution in [0.2, 0.25) is 0 Å². The Kier molecular flexibility index (Phi) is 3.60. The molecule has 128 valence electrons. The summed E-state index contributed by atoms with van der Waals surface area (Å²) in [4.78, 5) is 25.0. The first kappa shape index (κ1) is 15.5. The van der Waals surface area contributed by atoms with Crippen LogP contribution in [0.15, 0.2) is 50.0 Å². The van der Waals surface area contributed by atoms with E-state index in [1.54, 1.807) is 44.2 Å². The molecule has 0 aliphatic carbocycles. The molecule has 1 aliphatic heterocycles. The molecule has 6 nitrogen and oxygen atoms in total. The summed E-state index contributed by atoms with van der Waals surface area (Å²) in [5.41, 5.74) is 0.149. The number of hydrogen-bond acceptors (Lipinski definition) is 6. The van der Waals surface area contributed by atoms with Crippen LogP contribution < -0.4 is 10.4 Å². The zero-order valence-corrected chi connectivity index (χ0v) is 13.8. The first-order valence-electron chi connectivity index (χ1n) is 8.05. The molecule has 0 fully saturated rings. The molecule has 0 spiro atoms. The highest BCUT2D eigenvalue weighted by molar-refractivity contribution is 5.88. The lowest BCUT2D eigenvalue weighted by Gasteiger charge is -2.15. The molecule has 3 aromatic rings. The summed E-state index contributed by atoms with van der Waals surface area (Å²) in [6, 6.07) is 10.6. The first-order chi connectivity index (χ1) is 12.1. The SMILES string of the molecule is CCOC(=O)[C@H]1Oc2c(c(=O)oc3ccccc23)[C@H]1c1ccc(C)o1. The van der Waals surface area contributed by atoms with Crippen molar-refractivity contribution in [2.24, 2.45) is 0 Å². The van der Waals surface area contributed by atoms with Crippen LogP contribution >= 0.6 is 0 Å². The van der Waals surface area contributed by atoms with Crippen LogP contribution in [0, 0.1) is 6.92 Å². The maximum Gasteiger partial charge on any atom is 0.348 e. The summed E-state index contributed by atoms with van der Waals surface area (Å²) >= 11 is 0. The van der Waals surface area contributed by atoms with E-state index >= 15 is 0 Å². The summed E-state index contributed by atoms with van der Waals surface area (Å²) < 4.78 is 22.1. The van der Waals surface area contributed by atoms with E-state index in [0.717, 1.165) is 0 Å². The number of hydrogen-bond donors (Lipinski definition) is 0. The smallest absolute Gasteiger partial charge is 0.348 e. The van der Waals surface area contributed by atoms with Gasteiger partial charge in [-0.05, 0) is 38.1 Å². The average Bonchev–Trinajstić information content (AvgIpc) is 3.19. The standard InChI is InChI=1S/C19H16O6/c1-3-22-19(21)17-14(13-9-8-10(2)23-13)15-16(25-17)11-6-4-5-7-12(11)24-18(15)20/h4-9,14,17H,3H2,1-2H3/t14-,17+/m1/s1. The zero-order valence-electron chi connectivity index (χ0n) is 13.8. The van der Waals surface area contributed by atoms with Gasteiger partial charge in [-0.25, -0.2) is 9.59 Å². The fourth-order valence-electron chi connectivity index (χ4n) is 3.20. The van der Waals surface area contributed by atoms with Gasteiger partial charge in [0.2, 0.25) is 6.10 Å². The van der Waals surface area contributed by atoms with Crippen LogP contribution in [-0.2, 0) is 9.53 Å². The number of carbonyl (C=O) groups is 1. The predicted octanol–water partition coefficient (Wildman–Crippen LogP) is 3.15. The van der Waals surface area contributed by atoms with Crippen molar-refractivity contribution in [3.05, 3.63) is 63.9 Å². The molecule has 4 rings (SSSR count). The van der Waals surface area contributed by atoms with Gasteiger partial charge in [0.25, 0.3) is 0 Å². The van der Waals surface area contributed by atoms with Gasteiger partial charge < -0.3 is 18.3 Å². The highest BCUT2D eigenvalue weighted by Gasteiger charge is 2.46. The number of fused-ring (bicyclic) bond motifs is 3. The van der Waals surface area contributed by atoms with Crippen molar-refractivity contribution in [3.8, 4) is 5.75 Å². The second kappa shape index (κ2) is 5.81. The number of carbonyl (C=O) groups excluding carboxylic acids is 1. The van der Waals surface area contributed by atoms with Crippen molar-refractivity contribution in [3.63, 3.8) is 0 Å². The van der Waals surface area contributed by atoms with Crippen LogP contribution in [0.25, 0.3) is 11.0 Å². The molecule has 2 atom stereocenters. The van der Waals surface area contributed by atoms with Crippen molar-refractivity contribution in [2.45, 2.75) is 25.9 Å². The van der Waals surface area contributed by atoms with Gasteiger partial charge in [-0.1, -0.05) is 12.1 Å². The summed E-state index contributed by atoms with van der Waals surface area (Å²) in [5.74, 6) is 0.252. The van der Waals surface area contributed by atoms with Gasteiger partial charge in [-0.15, -0.1) is 0 Å². The van der Waals surface area contributed by atoms with E-state index in [1.807, 2.05) is 6.07 Å². The highest BCUT2D eigenvalue weighted by atomic mass is 16.6. The molecule has 0 amide bonds. The maximum absolute atomic E-state index is 12.6. The molecule has 25 heavy (non-hydrogen) atoms. The largest absolute Gasteiger partial charge is 0.476 e. The van der Waals surface area contributed by atoms with Gasteiger partial charge >= 0.3 is 11.6 Å². The van der Waals surface area contributed by atoms with Gasteiger partial charge in [-0.3, -0.25) is 0 Å². The molecule has 1 aliphatic rings. The molecule has 0 radical (unpaired) electrons. The lowest BCUT2D eigenvalue weighted by Crippen LogP contribution is -2.32. The second-order valence-corrected chi connectivity index (χ2v) is 5.85. The number of esters is 1. The lowest BCUT2D eigenvalue weighted by molar-refractivity contribution is -0.151. The van der Waals surface area contributed by atoms with E-state index in [0.29, 0.717) is 28.2 Å². The van der Waals surface area contributed by atoms with Gasteiger partial charge in [0.1, 0.15) is 28.8 Å². The Balaban J connectivity index is 1.95. The van der Waals surface area contributed by atoms with E-state index in [2.05, 4.69) is 0 Å². The van der Waals surface area contributed by atoms with Crippen molar-refractivity contribution in [1.82, 2.24) is 0 Å². The molecule has 6 heteroatoms. The van der Waals surface area contributed by atoms with Crippen LogP contribution in [-0.4, -0.2) is 18.7 Å². The number of benzene rings is 1. The number of furan rings is 1. The van der Waals surface area contributed by atoms with E-state index in [-0.39, 0.29) is 12.2 Å². The molecule has 1 aromatic carbocycles. The van der Waals surface area contributed by atoms with Crippen molar-refractivity contribution >= 4 is 16.9 Å². The Hall–Kier alpha value is -3.02. The monoisotopic (exact) mass is 340 g/mol. The lowest BCUT2D eigenvalue weighted by atomic mass is 9.93. The predicted molar refractivity (Wildman–Crippen MR) is 88.8 cm³/mol. The van der Waals surface area contributed by atoms with E-state index in [1.165, 1.54) is 0 Å². The van der Waals surface area contributed by atoms with Crippen LogP contribution in [0.3, 0.4) is 0 Å². The van der Waals surface area contributed by atoms with Gasteiger partial charge in [0.05, 0.1) is 17.6 Å². The Morgan fingerprint density at radius 2 is 1.96 bits per heavy atom. The topological polar surface area (TPSA) is 78.9 Å². The second-order valence-electron chi connectivity index (χ2n) is 5.85. The number of rotatable bonds is 3. The van der Waals surface area contributed by atoms with Crippen LogP contribution in [0.1, 0.15) is 29.9 Å². The third-order valence-corrected chi connectivity index (χ3v) is 4.24. The maximum atomic E-state index is 12.6. The summed E-state index contributed by atoms with van der Waals surface area (Å²) in [6.45, 7) is 3.73. The molecule has 0 unspecified atom stereocenters. The fourth-order valence-corrected chi connectivity index (χ4v) is 3.20. The minimum Gasteiger partial charge on any atom is -0.476 e. The number of para-hydroxylation sites is 1. The molecular weight excluding hydrogens is 324 g/mol. The highest BCUT2D eigenvalue weighted by Crippen LogP contribution is 2.44. The minimum absolute atomic E-state index is 0.217. The molecule has 0 saturated carbocycles. The molecule has 0 N–H and O–H groups in total. The minimum atomic E-state index is -0.991. The Bertz CT molecular complexity index is 1010. The third-order valence-electron chi connectivity index (χ3n) is 4.24. The quantitative estimate of drug-likeness (QED) is 0.538. The Morgan fingerprint density at radius 3 is 2.68 bits per heavy atom. The van der Waals surface area contributed by atoms with Crippen LogP contribution in [0.5, 0.6) is 5.75 Å². The Labute approximate surface area is 143 Å². The normalized spacial score (nSPS) is 18.8. The van der Waals surface area contributed by atoms with Gasteiger partial charge in [-0.2, -0.15) is 0 Å². The summed E-state index contributed by atoms with van der Waals surface area (Å²) in [6.07, 6.45) is -0.991. The number of aryl methyl sites for hydroxylation is 1. The molecular formula is C19H16O6. The van der Waals surface area contributed by atoms with E-state index < -0.39 is 23.6 Å². The summed E-state index contributed by atoms with van der Waals surface area (Å²) in [5, 5.41) is 0.636. The molecule has 3 heterocycles. The average molecular weight is 340 g/mol. The Morgan fingerprint density at radius 1 is 1.16 bits per heavy atom. The first-order valence-corrected chi connectivity index (χ1v) is 8.05. The summed E-state index contributed by atoms with van der Waals surface area (Å²) in [7, 11) is 0. The van der Waals surface area contributed by atoms with Gasteiger partial charge in [0.15, 0.2) is 0 Å². The zero-order chi connectivity index (χ0) is 17.6. The molecule has 2 aromatic heterocycles. The van der Waals surface area contributed by atoms with E-state index in [9.17, 15) is 9.59 Å². The number of ether oxygens (including phenoxy) is 2. The third kappa shape index (κ3) is 2.41. The van der Waals surface area contributed by atoms with Crippen molar-refractivity contribution < 1.29 is 23.1 Å². The van der Waals surface area contributed by atoms with Crippen LogP contribution in [0.4, 0.5) is 0 Å². The van der Waals surface area contributed by atoms with Gasteiger partial charge in [0, 0.05) is 0 Å². The van der Waals surface area contributed by atoms with Crippen molar-refractivity contribution in [1.29, 1.82) is 0 Å². The fraction of sp³-hybridized carbons (Fsp3) is 0.263. The van der Waals surface area contributed by atoms with E-state index in [4.69, 9.17) is 18.3 Å². The van der Waals surface area contributed by atoms with Crippen molar-refractivity contribution in [2.75, 3.05) is 6.61 Å².